The molecule has 0 amide bonds. The van der Waals surface area contributed by atoms with Crippen LogP contribution in [-0.2, 0) is 14.3 Å². The van der Waals surface area contributed by atoms with Crippen molar-refractivity contribution in [2.75, 3.05) is 27.9 Å². The van der Waals surface area contributed by atoms with E-state index in [0.29, 0.717) is 44.9 Å². The number of ether oxygens (including phenoxy) is 4. The third-order valence-electron chi connectivity index (χ3n) is 6.94. The number of carbonyl (C=O) groups is 2. The second-order valence-corrected chi connectivity index (χ2v) is 9.87. The molecule has 3 atom stereocenters. The molecule has 0 saturated carbocycles. The molecule has 37 heavy (non-hydrogen) atoms. The van der Waals surface area contributed by atoms with E-state index < -0.39 is 17.8 Å². The third-order valence-corrected chi connectivity index (χ3v) is 7.54. The first-order valence-electron chi connectivity index (χ1n) is 12.0. The maximum absolute atomic E-state index is 13.8. The lowest BCUT2D eigenvalue weighted by Crippen LogP contribution is -2.38. The minimum Gasteiger partial charge on any atom is -0.503 e. The van der Waals surface area contributed by atoms with Gasteiger partial charge in [0.25, 0.3) is 0 Å². The Morgan fingerprint density at radius 2 is 1.70 bits per heavy atom. The molecule has 0 saturated heterocycles. The predicted molar refractivity (Wildman–Crippen MR) is 142 cm³/mol. The van der Waals surface area contributed by atoms with Gasteiger partial charge in [-0.1, -0.05) is 6.07 Å². The largest absolute Gasteiger partial charge is 0.503 e. The smallest absolute Gasteiger partial charge is 0.315 e. The normalized spacial score (nSPS) is 21.2. The summed E-state index contributed by atoms with van der Waals surface area (Å²) in [6, 6.07) is 9.03. The fourth-order valence-electron chi connectivity index (χ4n) is 5.23. The van der Waals surface area contributed by atoms with Crippen LogP contribution in [0.25, 0.3) is 0 Å². The van der Waals surface area contributed by atoms with Crippen LogP contribution in [0.15, 0.2) is 51.1 Å². The minimum atomic E-state index is -0.776. The van der Waals surface area contributed by atoms with Crippen molar-refractivity contribution in [1.82, 2.24) is 0 Å². The lowest BCUT2D eigenvalue weighted by atomic mass is 9.69. The molecule has 1 aliphatic heterocycles. The Hall–Kier alpha value is -3.33. The zero-order valence-corrected chi connectivity index (χ0v) is 23.0. The molecular weight excluding hydrogens is 542 g/mol. The van der Waals surface area contributed by atoms with E-state index in [-0.39, 0.29) is 36.2 Å². The van der Waals surface area contributed by atoms with Crippen molar-refractivity contribution >= 4 is 33.4 Å². The molecule has 1 heterocycles. The Kier molecular flexibility index (Phi) is 7.92. The summed E-state index contributed by atoms with van der Waals surface area (Å²) in [6.07, 6.45) is 0.779. The molecule has 0 spiro atoms. The zero-order valence-electron chi connectivity index (χ0n) is 21.5. The summed E-state index contributed by atoms with van der Waals surface area (Å²) in [5, 5.41) is 10.4. The number of aromatic hydroxyl groups is 1. The van der Waals surface area contributed by atoms with Gasteiger partial charge in [0.1, 0.15) is 5.92 Å². The van der Waals surface area contributed by atoms with Gasteiger partial charge in [-0.25, -0.2) is 0 Å². The highest BCUT2D eigenvalue weighted by Crippen LogP contribution is 2.49. The summed E-state index contributed by atoms with van der Waals surface area (Å²) in [6.45, 7) is 3.74. The number of halogens is 1. The highest BCUT2D eigenvalue weighted by atomic mass is 79.9. The minimum absolute atomic E-state index is 0.0576. The van der Waals surface area contributed by atoms with E-state index in [4.69, 9.17) is 23.9 Å². The Morgan fingerprint density at radius 3 is 2.35 bits per heavy atom. The van der Waals surface area contributed by atoms with Gasteiger partial charge >= 0.3 is 5.97 Å². The standard InChI is InChI=1S/C28H30BrNO7/c1-6-37-28(33)24-14(2)30-19-10-16(15-7-8-21(34-3)22(12-15)35-4)11-20(31)26(19)25(24)17-9-18(29)27(32)23(13-17)36-5/h7-9,12-13,16,24-25,32H,6,10-11H2,1-5H3/t16-,24?,25-/m1/s1. The number of phenolic OH excluding ortho intramolecular Hbond substituents is 1. The molecule has 0 fully saturated rings. The van der Waals surface area contributed by atoms with Gasteiger partial charge in [-0.2, -0.15) is 0 Å². The number of methoxy groups -OCH3 is 3. The van der Waals surface area contributed by atoms with Crippen LogP contribution < -0.4 is 14.2 Å². The van der Waals surface area contributed by atoms with Gasteiger partial charge < -0.3 is 24.1 Å². The number of hydrogen-bond acceptors (Lipinski definition) is 8. The molecule has 2 aromatic rings. The predicted octanol–water partition coefficient (Wildman–Crippen LogP) is 5.32. The van der Waals surface area contributed by atoms with Crippen LogP contribution in [0.2, 0.25) is 0 Å². The van der Waals surface area contributed by atoms with Gasteiger partial charge in [0, 0.05) is 29.3 Å². The molecule has 0 radical (unpaired) electrons. The first kappa shape index (κ1) is 26.7. The van der Waals surface area contributed by atoms with Gasteiger partial charge in [0.2, 0.25) is 0 Å². The lowest BCUT2D eigenvalue weighted by molar-refractivity contribution is -0.146. The van der Waals surface area contributed by atoms with Crippen molar-refractivity contribution in [2.45, 2.75) is 38.5 Å². The average molecular weight is 572 g/mol. The molecule has 0 aromatic heterocycles. The van der Waals surface area contributed by atoms with E-state index in [2.05, 4.69) is 15.9 Å². The number of benzene rings is 2. The van der Waals surface area contributed by atoms with Crippen LogP contribution in [-0.4, -0.2) is 50.5 Å². The van der Waals surface area contributed by atoms with Crippen LogP contribution in [0.4, 0.5) is 0 Å². The number of phenols is 1. The molecule has 1 unspecified atom stereocenters. The van der Waals surface area contributed by atoms with E-state index in [1.165, 1.54) is 7.11 Å². The first-order valence-corrected chi connectivity index (χ1v) is 12.8. The van der Waals surface area contributed by atoms with Gasteiger partial charge in [-0.15, -0.1) is 0 Å². The highest BCUT2D eigenvalue weighted by molar-refractivity contribution is 9.10. The number of carbonyl (C=O) groups excluding carboxylic acids is 2. The molecule has 1 aliphatic carbocycles. The van der Waals surface area contributed by atoms with Crippen molar-refractivity contribution in [1.29, 1.82) is 0 Å². The maximum Gasteiger partial charge on any atom is 0.315 e. The monoisotopic (exact) mass is 571 g/mol. The van der Waals surface area contributed by atoms with E-state index in [1.54, 1.807) is 40.2 Å². The summed E-state index contributed by atoms with van der Waals surface area (Å²) in [4.78, 5) is 31.7. The molecule has 4 rings (SSSR count). The van der Waals surface area contributed by atoms with Crippen molar-refractivity contribution in [3.63, 3.8) is 0 Å². The number of esters is 1. The summed E-state index contributed by atoms with van der Waals surface area (Å²) in [7, 11) is 4.61. The number of nitrogens with zero attached hydrogens (tertiary/aromatic N) is 1. The third kappa shape index (κ3) is 4.97. The van der Waals surface area contributed by atoms with Crippen molar-refractivity contribution < 1.29 is 33.6 Å². The number of allylic oxidation sites excluding steroid dienone is 2. The van der Waals surface area contributed by atoms with Crippen molar-refractivity contribution in [3.05, 3.63) is 57.2 Å². The van der Waals surface area contributed by atoms with Gasteiger partial charge in [0.05, 0.1) is 32.4 Å². The molecule has 0 bridgehead atoms. The molecule has 9 heteroatoms. The Labute approximate surface area is 224 Å². The Bertz CT molecular complexity index is 1300. The fourth-order valence-corrected chi connectivity index (χ4v) is 5.69. The van der Waals surface area contributed by atoms with E-state index in [9.17, 15) is 14.7 Å². The van der Waals surface area contributed by atoms with E-state index in [0.717, 1.165) is 5.56 Å². The second kappa shape index (κ2) is 11.0. The summed E-state index contributed by atoms with van der Waals surface area (Å²) in [5.74, 6) is -0.654. The zero-order chi connectivity index (χ0) is 26.9. The molecule has 2 aliphatic rings. The SMILES string of the molecule is CCOC(=O)C1C(C)=NC2=C(C(=O)C[C@H](c3ccc(OC)c(OC)c3)C2)[C@@H]1c1cc(Br)c(O)c(OC)c1. The quantitative estimate of drug-likeness (QED) is 0.448. The van der Waals surface area contributed by atoms with E-state index in [1.807, 2.05) is 18.2 Å². The first-order chi connectivity index (χ1) is 17.7. The van der Waals surface area contributed by atoms with Crippen LogP contribution in [0.3, 0.4) is 0 Å². The van der Waals surface area contributed by atoms with Crippen LogP contribution in [0.1, 0.15) is 49.7 Å². The number of rotatable bonds is 7. The van der Waals surface area contributed by atoms with Crippen LogP contribution >= 0.6 is 15.9 Å². The summed E-state index contributed by atoms with van der Waals surface area (Å²) >= 11 is 3.38. The maximum atomic E-state index is 13.8. The summed E-state index contributed by atoms with van der Waals surface area (Å²) < 4.78 is 22.0. The number of hydrogen-bond donors (Lipinski definition) is 1. The average Bonchev–Trinajstić information content (AvgIpc) is 2.88. The molecule has 196 valence electrons. The number of aliphatic imine (C=N–C) groups is 1. The van der Waals surface area contributed by atoms with Gasteiger partial charge in [-0.05, 0) is 77.5 Å². The van der Waals surface area contributed by atoms with Gasteiger partial charge in [0.15, 0.2) is 28.8 Å². The van der Waals surface area contributed by atoms with E-state index >= 15 is 0 Å². The van der Waals surface area contributed by atoms with Gasteiger partial charge in [-0.3, -0.25) is 14.6 Å². The Balaban J connectivity index is 1.83. The van der Waals surface area contributed by atoms with Crippen LogP contribution in [0, 0.1) is 5.92 Å². The second-order valence-electron chi connectivity index (χ2n) is 9.02. The number of ketones is 1. The van der Waals surface area contributed by atoms with Crippen molar-refractivity contribution in [2.24, 2.45) is 10.9 Å². The van der Waals surface area contributed by atoms with Crippen molar-refractivity contribution in [3.8, 4) is 23.0 Å². The highest BCUT2D eigenvalue weighted by Gasteiger charge is 2.45. The molecule has 8 nitrogen and oxygen atoms in total. The molecule has 1 N–H and O–H groups in total. The fraction of sp³-hybridized carbons (Fsp3) is 0.393. The molecular formula is C28H30BrNO7. The topological polar surface area (TPSA) is 104 Å². The number of Topliss-reactive ketones (excluding diaryl/α,β-unsaturated/α-hetero) is 1. The Morgan fingerprint density at radius 1 is 1.03 bits per heavy atom. The van der Waals surface area contributed by atoms with Crippen LogP contribution in [0.5, 0.6) is 23.0 Å². The molecule has 2 aromatic carbocycles. The lowest BCUT2D eigenvalue weighted by Gasteiger charge is -2.36. The summed E-state index contributed by atoms with van der Waals surface area (Å²) in [5.41, 5.74) is 3.33.